The standard InChI is InChI=1S/C17H15FN2S/c18-15-8-6-14(7-9-15)17(13-4-2-1-3-5-13)19-10-16-11-21-12-20-16/h1-9,11-12,17,19H,10H2. The van der Waals surface area contributed by atoms with E-state index < -0.39 is 0 Å². The molecular weight excluding hydrogens is 283 g/mol. The Morgan fingerprint density at radius 1 is 1.00 bits per heavy atom. The SMILES string of the molecule is Fc1ccc(C(NCc2cscn2)c2ccccc2)cc1. The van der Waals surface area contributed by atoms with Crippen molar-refractivity contribution in [3.05, 3.63) is 88.1 Å². The molecule has 1 unspecified atom stereocenters. The van der Waals surface area contributed by atoms with E-state index in [2.05, 4.69) is 22.4 Å². The zero-order valence-electron chi connectivity index (χ0n) is 11.4. The number of rotatable bonds is 5. The number of nitrogens with one attached hydrogen (secondary N) is 1. The van der Waals surface area contributed by atoms with Crippen LogP contribution in [0.4, 0.5) is 4.39 Å². The smallest absolute Gasteiger partial charge is 0.123 e. The second kappa shape index (κ2) is 6.61. The van der Waals surface area contributed by atoms with E-state index >= 15 is 0 Å². The molecule has 0 saturated heterocycles. The predicted octanol–water partition coefficient (Wildman–Crippen LogP) is 4.16. The first-order valence-electron chi connectivity index (χ1n) is 6.74. The third-order valence-electron chi connectivity index (χ3n) is 3.31. The molecule has 1 atom stereocenters. The Bertz CT molecular complexity index is 666. The molecule has 0 bridgehead atoms. The summed E-state index contributed by atoms with van der Waals surface area (Å²) in [6.45, 7) is 0.681. The lowest BCUT2D eigenvalue weighted by Gasteiger charge is -2.19. The van der Waals surface area contributed by atoms with Gasteiger partial charge in [0.25, 0.3) is 0 Å². The van der Waals surface area contributed by atoms with E-state index in [1.165, 1.54) is 12.1 Å². The van der Waals surface area contributed by atoms with Gasteiger partial charge in [-0.15, -0.1) is 11.3 Å². The molecule has 4 heteroatoms. The maximum atomic E-state index is 13.1. The maximum absolute atomic E-state index is 13.1. The number of benzene rings is 2. The normalized spacial score (nSPS) is 12.2. The van der Waals surface area contributed by atoms with Gasteiger partial charge in [0.1, 0.15) is 5.82 Å². The molecule has 2 nitrogen and oxygen atoms in total. The molecule has 1 heterocycles. The molecule has 3 aromatic rings. The minimum atomic E-state index is -0.218. The minimum absolute atomic E-state index is 0.0218. The van der Waals surface area contributed by atoms with Crippen molar-refractivity contribution in [1.82, 2.24) is 10.3 Å². The lowest BCUT2D eigenvalue weighted by molar-refractivity contribution is 0.593. The van der Waals surface area contributed by atoms with Gasteiger partial charge in [0, 0.05) is 11.9 Å². The van der Waals surface area contributed by atoms with Crippen molar-refractivity contribution in [3.63, 3.8) is 0 Å². The number of hydrogen-bond donors (Lipinski definition) is 1. The summed E-state index contributed by atoms with van der Waals surface area (Å²) in [6, 6.07) is 16.8. The van der Waals surface area contributed by atoms with E-state index in [4.69, 9.17) is 0 Å². The van der Waals surface area contributed by atoms with Crippen LogP contribution in [-0.2, 0) is 6.54 Å². The van der Waals surface area contributed by atoms with Gasteiger partial charge in [0.2, 0.25) is 0 Å². The summed E-state index contributed by atoms with van der Waals surface area (Å²) in [5.41, 5.74) is 5.03. The first-order chi connectivity index (χ1) is 10.3. The van der Waals surface area contributed by atoms with Crippen LogP contribution >= 0.6 is 11.3 Å². The summed E-state index contributed by atoms with van der Waals surface area (Å²) in [5, 5.41) is 5.52. The van der Waals surface area contributed by atoms with Crippen LogP contribution in [-0.4, -0.2) is 4.98 Å². The highest BCUT2D eigenvalue weighted by atomic mass is 32.1. The lowest BCUT2D eigenvalue weighted by atomic mass is 9.98. The molecule has 0 aliphatic heterocycles. The quantitative estimate of drug-likeness (QED) is 0.765. The summed E-state index contributed by atoms with van der Waals surface area (Å²) >= 11 is 1.58. The fourth-order valence-corrected chi connectivity index (χ4v) is 2.82. The van der Waals surface area contributed by atoms with Crippen molar-refractivity contribution in [2.45, 2.75) is 12.6 Å². The van der Waals surface area contributed by atoms with Gasteiger partial charge in [-0.05, 0) is 23.3 Å². The largest absolute Gasteiger partial charge is 0.301 e. The Hall–Kier alpha value is -2.04. The highest BCUT2D eigenvalue weighted by molar-refractivity contribution is 7.07. The predicted molar refractivity (Wildman–Crippen MR) is 83.6 cm³/mol. The zero-order chi connectivity index (χ0) is 14.5. The molecular formula is C17H15FN2S. The molecule has 1 N–H and O–H groups in total. The van der Waals surface area contributed by atoms with E-state index in [-0.39, 0.29) is 11.9 Å². The molecule has 106 valence electrons. The first kappa shape index (κ1) is 13.9. The number of nitrogens with zero attached hydrogens (tertiary/aromatic N) is 1. The molecule has 1 aromatic heterocycles. The number of halogens is 1. The highest BCUT2D eigenvalue weighted by Gasteiger charge is 2.13. The number of aromatic nitrogens is 1. The van der Waals surface area contributed by atoms with E-state index in [1.54, 1.807) is 11.3 Å². The fraction of sp³-hybridized carbons (Fsp3) is 0.118. The van der Waals surface area contributed by atoms with E-state index in [0.29, 0.717) is 6.54 Å². The van der Waals surface area contributed by atoms with Crippen molar-refractivity contribution < 1.29 is 4.39 Å². The van der Waals surface area contributed by atoms with Gasteiger partial charge in [-0.3, -0.25) is 0 Å². The van der Waals surface area contributed by atoms with Crippen LogP contribution in [0.25, 0.3) is 0 Å². The Morgan fingerprint density at radius 2 is 1.71 bits per heavy atom. The topological polar surface area (TPSA) is 24.9 Å². The van der Waals surface area contributed by atoms with Gasteiger partial charge in [-0.25, -0.2) is 9.37 Å². The van der Waals surface area contributed by atoms with Gasteiger partial charge >= 0.3 is 0 Å². The second-order valence-corrected chi connectivity index (χ2v) is 5.47. The molecule has 0 amide bonds. The molecule has 0 fully saturated rings. The summed E-state index contributed by atoms with van der Waals surface area (Å²) in [4.78, 5) is 4.29. The van der Waals surface area contributed by atoms with E-state index in [0.717, 1.165) is 16.8 Å². The number of thiazole rings is 1. The summed E-state index contributed by atoms with van der Waals surface area (Å²) in [5.74, 6) is -0.218. The molecule has 3 rings (SSSR count). The van der Waals surface area contributed by atoms with Gasteiger partial charge < -0.3 is 5.32 Å². The summed E-state index contributed by atoms with van der Waals surface area (Å²) in [6.07, 6.45) is 0. The number of hydrogen-bond acceptors (Lipinski definition) is 3. The van der Waals surface area contributed by atoms with Crippen LogP contribution in [0.1, 0.15) is 22.9 Å². The van der Waals surface area contributed by atoms with Crippen LogP contribution in [0.2, 0.25) is 0 Å². The Balaban J connectivity index is 1.85. The van der Waals surface area contributed by atoms with Crippen molar-refractivity contribution in [1.29, 1.82) is 0 Å². The molecule has 2 aromatic carbocycles. The van der Waals surface area contributed by atoms with Crippen molar-refractivity contribution in [2.24, 2.45) is 0 Å². The van der Waals surface area contributed by atoms with Gasteiger partial charge in [-0.1, -0.05) is 42.5 Å². The molecule has 21 heavy (non-hydrogen) atoms. The molecule has 0 saturated carbocycles. The van der Waals surface area contributed by atoms with Crippen LogP contribution < -0.4 is 5.32 Å². The van der Waals surface area contributed by atoms with Crippen LogP contribution in [0.5, 0.6) is 0 Å². The van der Waals surface area contributed by atoms with E-state index in [1.807, 2.05) is 41.2 Å². The highest BCUT2D eigenvalue weighted by Crippen LogP contribution is 2.22. The Labute approximate surface area is 127 Å². The summed E-state index contributed by atoms with van der Waals surface area (Å²) < 4.78 is 13.1. The van der Waals surface area contributed by atoms with Gasteiger partial charge in [0.15, 0.2) is 0 Å². The molecule has 0 spiro atoms. The Morgan fingerprint density at radius 3 is 2.38 bits per heavy atom. The average Bonchev–Trinajstić information content (AvgIpc) is 3.04. The maximum Gasteiger partial charge on any atom is 0.123 e. The molecule has 0 radical (unpaired) electrons. The first-order valence-corrected chi connectivity index (χ1v) is 7.68. The Kier molecular flexibility index (Phi) is 4.38. The zero-order valence-corrected chi connectivity index (χ0v) is 12.2. The fourth-order valence-electron chi connectivity index (χ4n) is 2.26. The third kappa shape index (κ3) is 3.54. The van der Waals surface area contributed by atoms with Gasteiger partial charge in [-0.2, -0.15) is 0 Å². The minimum Gasteiger partial charge on any atom is -0.301 e. The van der Waals surface area contributed by atoms with Crippen LogP contribution in [0.3, 0.4) is 0 Å². The van der Waals surface area contributed by atoms with E-state index in [9.17, 15) is 4.39 Å². The summed E-state index contributed by atoms with van der Waals surface area (Å²) in [7, 11) is 0. The third-order valence-corrected chi connectivity index (χ3v) is 3.94. The van der Waals surface area contributed by atoms with Crippen molar-refractivity contribution in [2.75, 3.05) is 0 Å². The molecule has 0 aliphatic rings. The van der Waals surface area contributed by atoms with Crippen LogP contribution in [0.15, 0.2) is 65.5 Å². The molecule has 0 aliphatic carbocycles. The van der Waals surface area contributed by atoms with Crippen molar-refractivity contribution in [3.8, 4) is 0 Å². The monoisotopic (exact) mass is 298 g/mol. The lowest BCUT2D eigenvalue weighted by Crippen LogP contribution is -2.22. The average molecular weight is 298 g/mol. The second-order valence-electron chi connectivity index (χ2n) is 4.76. The van der Waals surface area contributed by atoms with Gasteiger partial charge in [0.05, 0.1) is 17.2 Å². The van der Waals surface area contributed by atoms with Crippen LogP contribution in [0, 0.1) is 5.82 Å². The van der Waals surface area contributed by atoms with Crippen molar-refractivity contribution >= 4 is 11.3 Å².